The van der Waals surface area contributed by atoms with Crippen LogP contribution in [-0.4, -0.2) is 16.7 Å². The van der Waals surface area contributed by atoms with Crippen LogP contribution in [0.2, 0.25) is 0 Å². The Hall–Kier alpha value is -1.43. The van der Waals surface area contributed by atoms with Gasteiger partial charge < -0.3 is 11.1 Å². The van der Waals surface area contributed by atoms with Gasteiger partial charge in [-0.2, -0.15) is 0 Å². The fourth-order valence-corrected chi connectivity index (χ4v) is 2.12. The van der Waals surface area contributed by atoms with E-state index in [9.17, 15) is 4.79 Å². The number of aromatic nitrogens is 1. The maximum atomic E-state index is 11.7. The van der Waals surface area contributed by atoms with Crippen molar-refractivity contribution in [3.63, 3.8) is 0 Å². The second-order valence-electron chi connectivity index (χ2n) is 4.70. The first-order valence-electron chi connectivity index (χ1n) is 4.99. The molecule has 1 aromatic heterocycles. The molecular weight excluding hydrogens is 224 g/mol. The average Bonchev–Trinajstić information content (AvgIpc) is 2.67. The first-order chi connectivity index (χ1) is 7.38. The molecule has 0 aliphatic carbocycles. The van der Waals surface area contributed by atoms with E-state index in [1.807, 2.05) is 20.8 Å². The highest BCUT2D eigenvalue weighted by atomic mass is 32.1. The number of hydrogen-bond acceptors (Lipinski definition) is 5. The number of aliphatic imine (C=N–C) groups is 1. The number of thiazole rings is 1. The van der Waals surface area contributed by atoms with Crippen LogP contribution in [0.1, 0.15) is 31.3 Å². The summed E-state index contributed by atoms with van der Waals surface area (Å²) in [6, 6.07) is 0. The number of fused-ring (bicyclic) bond motifs is 1. The van der Waals surface area contributed by atoms with Gasteiger partial charge in [-0.25, -0.2) is 4.98 Å². The van der Waals surface area contributed by atoms with E-state index in [0.29, 0.717) is 17.5 Å². The molecule has 0 saturated heterocycles. The van der Waals surface area contributed by atoms with Crippen LogP contribution in [0.15, 0.2) is 4.99 Å². The lowest BCUT2D eigenvalue weighted by atomic mass is 9.96. The van der Waals surface area contributed by atoms with Crippen LogP contribution >= 0.6 is 11.3 Å². The molecule has 5 nitrogen and oxygen atoms in total. The quantitative estimate of drug-likeness (QED) is 0.775. The lowest BCUT2D eigenvalue weighted by molar-refractivity contribution is -0.123. The van der Waals surface area contributed by atoms with Gasteiger partial charge in [0.1, 0.15) is 5.84 Å². The zero-order valence-electron chi connectivity index (χ0n) is 9.50. The van der Waals surface area contributed by atoms with Gasteiger partial charge in [0.2, 0.25) is 5.91 Å². The fraction of sp³-hybridized carbons (Fsp3) is 0.500. The Bertz CT molecular complexity index is 470. The SMILES string of the molecule is CC(C)(C)C(=O)Nc1nc2c(s1)C(N)=NC2. The van der Waals surface area contributed by atoms with Crippen LogP contribution in [0.4, 0.5) is 5.13 Å². The highest BCUT2D eigenvalue weighted by Gasteiger charge is 2.24. The maximum Gasteiger partial charge on any atom is 0.231 e. The Balaban J connectivity index is 2.16. The molecular formula is C10H14N4OS. The van der Waals surface area contributed by atoms with Crippen molar-refractivity contribution in [3.8, 4) is 0 Å². The molecule has 6 heteroatoms. The molecule has 1 aliphatic rings. The van der Waals surface area contributed by atoms with E-state index in [-0.39, 0.29) is 5.91 Å². The number of nitrogens with two attached hydrogens (primary N) is 1. The molecule has 1 amide bonds. The summed E-state index contributed by atoms with van der Waals surface area (Å²) in [4.78, 5) is 21.0. The van der Waals surface area contributed by atoms with Crippen LogP contribution in [0.25, 0.3) is 0 Å². The summed E-state index contributed by atoms with van der Waals surface area (Å²) >= 11 is 1.38. The minimum atomic E-state index is -0.421. The van der Waals surface area contributed by atoms with Gasteiger partial charge >= 0.3 is 0 Å². The maximum absolute atomic E-state index is 11.7. The molecule has 0 radical (unpaired) electrons. The molecule has 0 spiro atoms. The highest BCUT2D eigenvalue weighted by molar-refractivity contribution is 7.17. The molecule has 1 aromatic rings. The molecule has 0 unspecified atom stereocenters. The molecule has 3 N–H and O–H groups in total. The van der Waals surface area contributed by atoms with Crippen LogP contribution < -0.4 is 11.1 Å². The van der Waals surface area contributed by atoms with E-state index in [0.717, 1.165) is 10.6 Å². The number of amidine groups is 1. The third-order valence-electron chi connectivity index (χ3n) is 2.23. The first-order valence-corrected chi connectivity index (χ1v) is 5.81. The van der Waals surface area contributed by atoms with Crippen molar-refractivity contribution in [2.75, 3.05) is 5.32 Å². The average molecular weight is 238 g/mol. The van der Waals surface area contributed by atoms with Crippen LogP contribution in [0.5, 0.6) is 0 Å². The van der Waals surface area contributed by atoms with Gasteiger partial charge in [-0.1, -0.05) is 32.1 Å². The molecule has 0 atom stereocenters. The number of nitrogens with zero attached hydrogens (tertiary/aromatic N) is 2. The van der Waals surface area contributed by atoms with Crippen LogP contribution in [0, 0.1) is 5.41 Å². The molecule has 0 bridgehead atoms. The van der Waals surface area contributed by atoms with Gasteiger partial charge in [-0.15, -0.1) is 0 Å². The predicted octanol–water partition coefficient (Wildman–Crippen LogP) is 1.35. The van der Waals surface area contributed by atoms with E-state index in [4.69, 9.17) is 5.73 Å². The van der Waals surface area contributed by atoms with Gasteiger partial charge in [0.05, 0.1) is 17.1 Å². The summed E-state index contributed by atoms with van der Waals surface area (Å²) in [5.74, 6) is 0.471. The Morgan fingerprint density at radius 1 is 1.50 bits per heavy atom. The van der Waals surface area contributed by atoms with Gasteiger partial charge in [0.25, 0.3) is 0 Å². The monoisotopic (exact) mass is 238 g/mol. The Kier molecular flexibility index (Phi) is 2.46. The lowest BCUT2D eigenvalue weighted by Gasteiger charge is -2.15. The second kappa shape index (κ2) is 3.55. The van der Waals surface area contributed by atoms with E-state index in [1.165, 1.54) is 11.3 Å². The standard InChI is InChI=1S/C10H14N4OS/c1-10(2,3)8(15)14-9-13-5-4-12-7(11)6(5)16-9/h4H2,1-3H3,(H2,11,12)(H,13,14,15). The summed E-state index contributed by atoms with van der Waals surface area (Å²) in [7, 11) is 0. The lowest BCUT2D eigenvalue weighted by Crippen LogP contribution is -2.27. The molecule has 86 valence electrons. The minimum absolute atomic E-state index is 0.0459. The largest absolute Gasteiger partial charge is 0.383 e. The van der Waals surface area contributed by atoms with Gasteiger partial charge in [0, 0.05) is 5.41 Å². The van der Waals surface area contributed by atoms with Gasteiger partial charge in [-0.3, -0.25) is 9.79 Å². The fourth-order valence-electron chi connectivity index (χ4n) is 1.23. The van der Waals surface area contributed by atoms with Crippen molar-refractivity contribution < 1.29 is 4.79 Å². The number of carbonyl (C=O) groups is 1. The second-order valence-corrected chi connectivity index (χ2v) is 5.70. The van der Waals surface area contributed by atoms with Crippen molar-refractivity contribution in [2.24, 2.45) is 16.1 Å². The summed E-state index contributed by atoms with van der Waals surface area (Å²) in [5, 5.41) is 3.39. The van der Waals surface area contributed by atoms with Crippen molar-refractivity contribution in [1.29, 1.82) is 0 Å². The summed E-state index contributed by atoms with van der Waals surface area (Å²) in [5.41, 5.74) is 6.12. The number of hydrogen-bond donors (Lipinski definition) is 2. The van der Waals surface area contributed by atoms with Crippen molar-refractivity contribution >= 4 is 28.2 Å². The predicted molar refractivity (Wildman–Crippen MR) is 64.6 cm³/mol. The Labute approximate surface area is 97.8 Å². The van der Waals surface area contributed by atoms with Crippen LogP contribution in [-0.2, 0) is 11.3 Å². The van der Waals surface area contributed by atoms with Crippen molar-refractivity contribution in [3.05, 3.63) is 10.6 Å². The molecule has 2 heterocycles. The smallest absolute Gasteiger partial charge is 0.231 e. The number of carbonyl (C=O) groups excluding carboxylic acids is 1. The van der Waals surface area contributed by atoms with E-state index in [2.05, 4.69) is 15.3 Å². The van der Waals surface area contributed by atoms with E-state index >= 15 is 0 Å². The normalized spacial score (nSPS) is 14.6. The van der Waals surface area contributed by atoms with Crippen LogP contribution in [0.3, 0.4) is 0 Å². The number of amides is 1. The van der Waals surface area contributed by atoms with Crippen molar-refractivity contribution in [1.82, 2.24) is 4.98 Å². The molecule has 0 fully saturated rings. The molecule has 16 heavy (non-hydrogen) atoms. The summed E-state index contributed by atoms with van der Waals surface area (Å²) in [6.45, 7) is 6.10. The molecule has 1 aliphatic heterocycles. The van der Waals surface area contributed by atoms with E-state index in [1.54, 1.807) is 0 Å². The molecule has 2 rings (SSSR count). The van der Waals surface area contributed by atoms with Crippen molar-refractivity contribution in [2.45, 2.75) is 27.3 Å². The Morgan fingerprint density at radius 3 is 2.75 bits per heavy atom. The zero-order chi connectivity index (χ0) is 11.9. The molecule has 0 saturated carbocycles. The zero-order valence-corrected chi connectivity index (χ0v) is 10.3. The molecule has 0 aromatic carbocycles. The first kappa shape index (κ1) is 11.1. The van der Waals surface area contributed by atoms with Gasteiger partial charge in [-0.05, 0) is 0 Å². The minimum Gasteiger partial charge on any atom is -0.383 e. The summed E-state index contributed by atoms with van der Waals surface area (Å²) < 4.78 is 0. The van der Waals surface area contributed by atoms with Gasteiger partial charge in [0.15, 0.2) is 5.13 Å². The number of nitrogens with one attached hydrogen (secondary N) is 1. The Morgan fingerprint density at radius 2 is 2.19 bits per heavy atom. The topological polar surface area (TPSA) is 80.4 Å². The number of anilines is 1. The third-order valence-corrected chi connectivity index (χ3v) is 3.27. The van der Waals surface area contributed by atoms with E-state index < -0.39 is 5.41 Å². The third kappa shape index (κ3) is 1.92. The number of rotatable bonds is 1. The highest BCUT2D eigenvalue weighted by Crippen LogP contribution is 2.28. The summed E-state index contributed by atoms with van der Waals surface area (Å²) in [6.07, 6.45) is 0.